The number of carbonyl (C=O) groups excluding carboxylic acids is 1. The lowest BCUT2D eigenvalue weighted by Gasteiger charge is -2.26. The fourth-order valence-corrected chi connectivity index (χ4v) is 4.14. The highest BCUT2D eigenvalue weighted by atomic mass is 16.5. The van der Waals surface area contributed by atoms with Crippen molar-refractivity contribution in [2.24, 2.45) is 17.3 Å². The molecule has 0 bridgehead atoms. The Morgan fingerprint density at radius 1 is 1.28 bits per heavy atom. The van der Waals surface area contributed by atoms with Crippen LogP contribution in [0.5, 0.6) is 5.75 Å². The van der Waals surface area contributed by atoms with E-state index in [0.29, 0.717) is 12.4 Å². The molecule has 1 amide bonds. The Hall–Kier alpha value is -3.02. The van der Waals surface area contributed by atoms with Crippen LogP contribution in [-0.4, -0.2) is 27.5 Å². The Labute approximate surface area is 171 Å². The Morgan fingerprint density at radius 2 is 2.14 bits per heavy atom. The molecule has 0 spiro atoms. The van der Waals surface area contributed by atoms with Crippen molar-refractivity contribution in [3.05, 3.63) is 66.0 Å². The number of rotatable bonds is 6. The molecule has 0 aromatic carbocycles. The zero-order valence-corrected chi connectivity index (χ0v) is 17.1. The van der Waals surface area contributed by atoms with Crippen LogP contribution in [0.2, 0.25) is 0 Å². The van der Waals surface area contributed by atoms with Gasteiger partial charge in [0, 0.05) is 28.9 Å². The lowest BCUT2D eigenvalue weighted by Crippen LogP contribution is -2.29. The molecule has 6 heteroatoms. The van der Waals surface area contributed by atoms with Crippen LogP contribution in [0.15, 0.2) is 48.8 Å². The highest BCUT2D eigenvalue weighted by Crippen LogP contribution is 2.60. The average Bonchev–Trinajstić information content (AvgIpc) is 3.44. The molecule has 2 aromatic rings. The van der Waals surface area contributed by atoms with Crippen LogP contribution in [0.3, 0.4) is 0 Å². The quantitative estimate of drug-likeness (QED) is 0.808. The van der Waals surface area contributed by atoms with Crippen molar-refractivity contribution in [1.29, 1.82) is 0 Å². The first kappa shape index (κ1) is 19.3. The van der Waals surface area contributed by atoms with Gasteiger partial charge in [-0.2, -0.15) is 0 Å². The summed E-state index contributed by atoms with van der Waals surface area (Å²) in [5, 5.41) is 3.05. The third-order valence-electron chi connectivity index (χ3n) is 5.87. The van der Waals surface area contributed by atoms with E-state index in [2.05, 4.69) is 44.6 Å². The molecule has 2 aromatic heterocycles. The van der Waals surface area contributed by atoms with E-state index in [1.165, 1.54) is 0 Å². The van der Waals surface area contributed by atoms with Crippen molar-refractivity contribution in [3.8, 4) is 5.75 Å². The number of hydrogen-bond donors (Lipinski definition) is 1. The van der Waals surface area contributed by atoms with E-state index < -0.39 is 0 Å². The van der Waals surface area contributed by atoms with Crippen LogP contribution in [0, 0.1) is 38.0 Å². The minimum Gasteiger partial charge on any atom is -0.489 e. The molecule has 29 heavy (non-hydrogen) atoms. The second kappa shape index (κ2) is 7.78. The maximum atomic E-state index is 13.0. The first-order valence-electron chi connectivity index (χ1n) is 9.98. The van der Waals surface area contributed by atoms with Crippen molar-refractivity contribution in [1.82, 2.24) is 15.0 Å². The number of aryl methyl sites for hydroxylation is 3. The molecule has 2 aliphatic rings. The summed E-state index contributed by atoms with van der Waals surface area (Å²) in [7, 11) is 0. The number of nitrogens with one attached hydrogen (secondary N) is 1. The molecular formula is C23H26N4O2. The van der Waals surface area contributed by atoms with E-state index in [1.54, 1.807) is 12.4 Å². The molecule has 1 N–H and O–H groups in total. The topological polar surface area (TPSA) is 77.0 Å². The number of amides is 1. The summed E-state index contributed by atoms with van der Waals surface area (Å²) in [6, 6.07) is 3.70. The van der Waals surface area contributed by atoms with Crippen LogP contribution in [0.1, 0.15) is 30.1 Å². The summed E-state index contributed by atoms with van der Waals surface area (Å²) >= 11 is 0. The van der Waals surface area contributed by atoms with E-state index in [0.717, 1.165) is 35.7 Å². The van der Waals surface area contributed by atoms with Gasteiger partial charge in [0.1, 0.15) is 5.82 Å². The third-order valence-corrected chi connectivity index (χ3v) is 5.87. The van der Waals surface area contributed by atoms with E-state index in [-0.39, 0.29) is 23.2 Å². The molecule has 0 aliphatic heterocycles. The fraction of sp³-hybridized carbons (Fsp3) is 0.391. The lowest BCUT2D eigenvalue weighted by molar-refractivity contribution is -0.118. The van der Waals surface area contributed by atoms with Gasteiger partial charge in [-0.3, -0.25) is 9.78 Å². The lowest BCUT2D eigenvalue weighted by atomic mass is 9.82. The van der Waals surface area contributed by atoms with Crippen molar-refractivity contribution in [2.45, 2.75) is 33.6 Å². The number of anilines is 1. The maximum Gasteiger partial charge on any atom is 0.228 e. The Bertz CT molecular complexity index is 985. The Balaban J connectivity index is 1.51. The summed E-state index contributed by atoms with van der Waals surface area (Å²) in [5.74, 6) is 1.62. The molecular weight excluding hydrogens is 364 g/mol. The average molecular weight is 390 g/mol. The summed E-state index contributed by atoms with van der Waals surface area (Å²) in [4.78, 5) is 25.8. The Kier molecular flexibility index (Phi) is 5.18. The summed E-state index contributed by atoms with van der Waals surface area (Å²) in [6.45, 7) is 6.16. The molecule has 1 fully saturated rings. The molecule has 3 atom stereocenters. The highest BCUT2D eigenvalue weighted by Gasteiger charge is 2.62. The highest BCUT2D eigenvalue weighted by molar-refractivity contribution is 5.95. The van der Waals surface area contributed by atoms with Gasteiger partial charge in [-0.1, -0.05) is 24.3 Å². The van der Waals surface area contributed by atoms with Gasteiger partial charge in [0.05, 0.1) is 18.5 Å². The SMILES string of the molecule is Cc1cc(NC(=O)[C@@H]2C[C@@]2(COc2cnc(C)nc2C)C2C=CC=CC2)ccn1. The molecule has 0 radical (unpaired) electrons. The molecule has 2 heterocycles. The van der Waals surface area contributed by atoms with Gasteiger partial charge < -0.3 is 10.1 Å². The van der Waals surface area contributed by atoms with E-state index >= 15 is 0 Å². The second-order valence-corrected chi connectivity index (χ2v) is 7.98. The number of hydrogen-bond acceptors (Lipinski definition) is 5. The van der Waals surface area contributed by atoms with Gasteiger partial charge in [-0.05, 0) is 51.7 Å². The zero-order chi connectivity index (χ0) is 20.4. The summed E-state index contributed by atoms with van der Waals surface area (Å²) < 4.78 is 6.15. The van der Waals surface area contributed by atoms with Gasteiger partial charge in [0.25, 0.3) is 0 Å². The van der Waals surface area contributed by atoms with Crippen molar-refractivity contribution >= 4 is 11.6 Å². The molecule has 4 rings (SSSR count). The maximum absolute atomic E-state index is 13.0. The molecule has 1 unspecified atom stereocenters. The molecule has 6 nitrogen and oxygen atoms in total. The van der Waals surface area contributed by atoms with Gasteiger partial charge in [0.2, 0.25) is 5.91 Å². The van der Waals surface area contributed by atoms with Crippen LogP contribution in [0.25, 0.3) is 0 Å². The smallest absolute Gasteiger partial charge is 0.228 e. The van der Waals surface area contributed by atoms with Crippen LogP contribution >= 0.6 is 0 Å². The van der Waals surface area contributed by atoms with Crippen LogP contribution < -0.4 is 10.1 Å². The van der Waals surface area contributed by atoms with Gasteiger partial charge in [0.15, 0.2) is 5.75 Å². The largest absolute Gasteiger partial charge is 0.489 e. The number of aromatic nitrogens is 3. The summed E-state index contributed by atoms with van der Waals surface area (Å²) in [6.07, 6.45) is 13.6. The molecule has 2 aliphatic carbocycles. The van der Waals surface area contributed by atoms with Crippen LogP contribution in [0.4, 0.5) is 5.69 Å². The van der Waals surface area contributed by atoms with E-state index in [9.17, 15) is 4.79 Å². The predicted molar refractivity (Wildman–Crippen MR) is 112 cm³/mol. The number of nitrogens with zero attached hydrogens (tertiary/aromatic N) is 3. The number of pyridine rings is 1. The first-order valence-corrected chi connectivity index (χ1v) is 9.98. The minimum atomic E-state index is -0.218. The fourth-order valence-electron chi connectivity index (χ4n) is 4.14. The Morgan fingerprint density at radius 3 is 2.86 bits per heavy atom. The molecule has 150 valence electrons. The monoisotopic (exact) mass is 390 g/mol. The summed E-state index contributed by atoms with van der Waals surface area (Å²) in [5.41, 5.74) is 2.26. The molecule has 0 saturated heterocycles. The van der Waals surface area contributed by atoms with Gasteiger partial charge in [-0.15, -0.1) is 0 Å². The van der Waals surface area contributed by atoms with Crippen molar-refractivity contribution in [2.75, 3.05) is 11.9 Å². The first-order chi connectivity index (χ1) is 14.0. The third kappa shape index (κ3) is 4.06. The van der Waals surface area contributed by atoms with Crippen LogP contribution in [-0.2, 0) is 4.79 Å². The van der Waals surface area contributed by atoms with Crippen molar-refractivity contribution < 1.29 is 9.53 Å². The second-order valence-electron chi connectivity index (χ2n) is 7.98. The number of allylic oxidation sites excluding steroid dienone is 4. The number of ether oxygens (including phenoxy) is 1. The predicted octanol–water partition coefficient (Wildman–Crippen LogP) is 3.95. The van der Waals surface area contributed by atoms with Gasteiger partial charge >= 0.3 is 0 Å². The van der Waals surface area contributed by atoms with E-state index in [4.69, 9.17) is 4.74 Å². The zero-order valence-electron chi connectivity index (χ0n) is 17.1. The van der Waals surface area contributed by atoms with E-state index in [1.807, 2.05) is 32.9 Å². The standard InChI is InChI=1S/C23H26N4O2/c1-15-11-19(9-10-24-15)27-22(28)20-12-23(20,18-7-5-4-6-8-18)14-29-21-13-25-17(3)26-16(21)2/h4-7,9-11,13,18,20H,8,12,14H2,1-3H3,(H,24,27,28)/t18?,20-,23+/m0/s1. The minimum absolute atomic E-state index is 0.0408. The van der Waals surface area contributed by atoms with Gasteiger partial charge in [-0.25, -0.2) is 9.97 Å². The molecule has 1 saturated carbocycles. The number of carbonyl (C=O) groups is 1. The normalized spacial score (nSPS) is 24.9. The van der Waals surface area contributed by atoms with Crippen molar-refractivity contribution in [3.63, 3.8) is 0 Å².